The summed E-state index contributed by atoms with van der Waals surface area (Å²) in [6.45, 7) is 14.8. The largest absolute Gasteiger partial charge is 0.355 e. The Labute approximate surface area is 173 Å². The standard InChI is InChI=1S/C19H41N5.HI/c1-7-8-9-10-17(4)22-19(20-5)21-15-18(16(2)3)24-13-11-23(6)12-14-24;/h16-18H,7-15H2,1-6H3,(H2,20,21,22);1H. The lowest BCUT2D eigenvalue weighted by atomic mass is 10.0. The Morgan fingerprint density at radius 2 is 1.72 bits per heavy atom. The molecule has 1 aliphatic heterocycles. The van der Waals surface area contributed by atoms with E-state index < -0.39 is 0 Å². The Morgan fingerprint density at radius 1 is 1.08 bits per heavy atom. The van der Waals surface area contributed by atoms with E-state index in [1.807, 2.05) is 7.05 Å². The minimum Gasteiger partial charge on any atom is -0.355 e. The quantitative estimate of drug-likeness (QED) is 0.237. The molecule has 6 heteroatoms. The molecule has 0 bridgehead atoms. The maximum absolute atomic E-state index is 4.41. The van der Waals surface area contributed by atoms with Crippen LogP contribution in [0.15, 0.2) is 4.99 Å². The van der Waals surface area contributed by atoms with Crippen LogP contribution in [0, 0.1) is 5.92 Å². The van der Waals surface area contributed by atoms with Gasteiger partial charge in [-0.2, -0.15) is 0 Å². The Hall–Kier alpha value is -0.0800. The van der Waals surface area contributed by atoms with Crippen molar-refractivity contribution in [3.63, 3.8) is 0 Å². The van der Waals surface area contributed by atoms with Crippen LogP contribution in [0.1, 0.15) is 53.4 Å². The molecule has 1 heterocycles. The molecule has 0 aromatic carbocycles. The third-order valence-corrected chi connectivity index (χ3v) is 5.10. The summed E-state index contributed by atoms with van der Waals surface area (Å²) in [5.74, 6) is 1.58. The average molecular weight is 467 g/mol. The minimum atomic E-state index is 0. The molecular weight excluding hydrogens is 425 g/mol. The molecule has 0 aromatic heterocycles. The van der Waals surface area contributed by atoms with Gasteiger partial charge in [-0.25, -0.2) is 0 Å². The van der Waals surface area contributed by atoms with Crippen LogP contribution < -0.4 is 10.6 Å². The zero-order valence-electron chi connectivity index (χ0n) is 17.3. The van der Waals surface area contributed by atoms with E-state index in [9.17, 15) is 0 Å². The number of unbranched alkanes of at least 4 members (excludes halogenated alkanes) is 2. The summed E-state index contributed by atoms with van der Waals surface area (Å²) < 4.78 is 0. The third kappa shape index (κ3) is 9.99. The van der Waals surface area contributed by atoms with Gasteiger partial charge in [0.1, 0.15) is 0 Å². The van der Waals surface area contributed by atoms with Gasteiger partial charge in [-0.15, -0.1) is 24.0 Å². The van der Waals surface area contributed by atoms with Crippen molar-refractivity contribution in [2.45, 2.75) is 65.5 Å². The molecule has 5 nitrogen and oxygen atoms in total. The van der Waals surface area contributed by atoms with E-state index in [1.165, 1.54) is 51.9 Å². The van der Waals surface area contributed by atoms with E-state index in [2.05, 4.69) is 60.2 Å². The highest BCUT2D eigenvalue weighted by Crippen LogP contribution is 2.13. The monoisotopic (exact) mass is 467 g/mol. The summed E-state index contributed by atoms with van der Waals surface area (Å²) in [5, 5.41) is 7.11. The predicted octanol–water partition coefficient (Wildman–Crippen LogP) is 3.01. The summed E-state index contributed by atoms with van der Waals surface area (Å²) in [6, 6.07) is 1.04. The maximum Gasteiger partial charge on any atom is 0.191 e. The zero-order chi connectivity index (χ0) is 17.9. The van der Waals surface area contributed by atoms with Crippen molar-refractivity contribution in [1.82, 2.24) is 20.4 Å². The zero-order valence-corrected chi connectivity index (χ0v) is 19.7. The van der Waals surface area contributed by atoms with Gasteiger partial charge >= 0.3 is 0 Å². The number of nitrogens with one attached hydrogen (secondary N) is 2. The molecule has 0 amide bonds. The van der Waals surface area contributed by atoms with Crippen LogP contribution in [-0.2, 0) is 0 Å². The minimum absolute atomic E-state index is 0. The second-order valence-electron chi connectivity index (χ2n) is 7.64. The molecule has 1 fully saturated rings. The lowest BCUT2D eigenvalue weighted by molar-refractivity contribution is 0.0899. The predicted molar refractivity (Wildman–Crippen MR) is 121 cm³/mol. The van der Waals surface area contributed by atoms with Crippen LogP contribution in [0.5, 0.6) is 0 Å². The van der Waals surface area contributed by atoms with Crippen LogP contribution >= 0.6 is 24.0 Å². The van der Waals surface area contributed by atoms with E-state index in [1.54, 1.807) is 0 Å². The Balaban J connectivity index is 0.00000576. The number of rotatable bonds is 9. The van der Waals surface area contributed by atoms with Gasteiger partial charge < -0.3 is 15.5 Å². The highest BCUT2D eigenvalue weighted by Gasteiger charge is 2.25. The Bertz CT molecular complexity index is 354. The summed E-state index contributed by atoms with van der Waals surface area (Å²) in [7, 11) is 4.08. The topological polar surface area (TPSA) is 42.9 Å². The second-order valence-corrected chi connectivity index (χ2v) is 7.64. The molecule has 2 unspecified atom stereocenters. The second kappa shape index (κ2) is 14.0. The first-order chi connectivity index (χ1) is 11.5. The molecule has 2 atom stereocenters. The molecular formula is C19H42IN5. The van der Waals surface area contributed by atoms with Gasteiger partial charge in [0.2, 0.25) is 0 Å². The summed E-state index contributed by atoms with van der Waals surface area (Å²) in [6.07, 6.45) is 5.09. The van der Waals surface area contributed by atoms with Gasteiger partial charge in [0.15, 0.2) is 5.96 Å². The summed E-state index contributed by atoms with van der Waals surface area (Å²) in [5.41, 5.74) is 0. The number of halogens is 1. The molecule has 1 rings (SSSR count). The fourth-order valence-electron chi connectivity index (χ4n) is 3.34. The lowest BCUT2D eigenvalue weighted by Gasteiger charge is -2.40. The molecule has 1 aliphatic rings. The molecule has 0 spiro atoms. The van der Waals surface area contributed by atoms with Crippen molar-refractivity contribution in [2.24, 2.45) is 10.9 Å². The fourth-order valence-corrected chi connectivity index (χ4v) is 3.34. The van der Waals surface area contributed by atoms with Crippen LogP contribution in [0.3, 0.4) is 0 Å². The molecule has 1 saturated heterocycles. The molecule has 0 aromatic rings. The first-order valence-electron chi connectivity index (χ1n) is 9.87. The highest BCUT2D eigenvalue weighted by molar-refractivity contribution is 14.0. The summed E-state index contributed by atoms with van der Waals surface area (Å²) >= 11 is 0. The van der Waals surface area contributed by atoms with Crippen LogP contribution in [0.25, 0.3) is 0 Å². The SMILES string of the molecule is CCCCCC(C)NC(=NC)NCC(C(C)C)N1CCN(C)CC1.I. The molecule has 2 N–H and O–H groups in total. The van der Waals surface area contributed by atoms with Gasteiger partial charge in [-0.05, 0) is 26.3 Å². The van der Waals surface area contributed by atoms with Crippen molar-refractivity contribution >= 4 is 29.9 Å². The average Bonchev–Trinajstić information content (AvgIpc) is 2.55. The van der Waals surface area contributed by atoms with Crippen LogP contribution in [-0.4, -0.2) is 74.7 Å². The van der Waals surface area contributed by atoms with Gasteiger partial charge in [0, 0.05) is 51.9 Å². The smallest absolute Gasteiger partial charge is 0.191 e. The van der Waals surface area contributed by atoms with E-state index in [-0.39, 0.29) is 24.0 Å². The van der Waals surface area contributed by atoms with Crippen LogP contribution in [0.2, 0.25) is 0 Å². The lowest BCUT2D eigenvalue weighted by Crippen LogP contribution is -2.55. The number of aliphatic imine (C=N–C) groups is 1. The first kappa shape index (κ1) is 24.9. The fraction of sp³-hybridized carbons (Fsp3) is 0.947. The summed E-state index contributed by atoms with van der Waals surface area (Å²) in [4.78, 5) is 9.46. The number of nitrogens with zero attached hydrogens (tertiary/aromatic N) is 3. The Morgan fingerprint density at radius 3 is 2.24 bits per heavy atom. The van der Waals surface area contributed by atoms with Crippen molar-refractivity contribution in [2.75, 3.05) is 46.8 Å². The van der Waals surface area contributed by atoms with Crippen molar-refractivity contribution in [1.29, 1.82) is 0 Å². The van der Waals surface area contributed by atoms with Crippen molar-refractivity contribution < 1.29 is 0 Å². The van der Waals surface area contributed by atoms with E-state index in [0.717, 1.165) is 12.5 Å². The van der Waals surface area contributed by atoms with Crippen molar-refractivity contribution in [3.05, 3.63) is 0 Å². The number of piperazine rings is 1. The van der Waals surface area contributed by atoms with Gasteiger partial charge in [-0.3, -0.25) is 9.89 Å². The van der Waals surface area contributed by atoms with E-state index in [0.29, 0.717) is 18.0 Å². The maximum atomic E-state index is 4.41. The highest BCUT2D eigenvalue weighted by atomic mass is 127. The number of hydrogen-bond donors (Lipinski definition) is 2. The van der Waals surface area contributed by atoms with E-state index in [4.69, 9.17) is 0 Å². The molecule has 0 saturated carbocycles. The molecule has 0 aliphatic carbocycles. The van der Waals surface area contributed by atoms with Gasteiger partial charge in [0.25, 0.3) is 0 Å². The first-order valence-corrected chi connectivity index (χ1v) is 9.87. The van der Waals surface area contributed by atoms with E-state index >= 15 is 0 Å². The number of guanidine groups is 1. The van der Waals surface area contributed by atoms with Crippen molar-refractivity contribution in [3.8, 4) is 0 Å². The van der Waals surface area contributed by atoms with Gasteiger partial charge in [-0.1, -0.05) is 40.0 Å². The number of hydrogen-bond acceptors (Lipinski definition) is 3. The Kier molecular flexibility index (Phi) is 14.0. The van der Waals surface area contributed by atoms with Gasteiger partial charge in [0.05, 0.1) is 0 Å². The normalized spacial score (nSPS) is 19.4. The van der Waals surface area contributed by atoms with Crippen LogP contribution in [0.4, 0.5) is 0 Å². The molecule has 0 radical (unpaired) electrons. The molecule has 25 heavy (non-hydrogen) atoms. The molecule has 150 valence electrons. The number of likely N-dealkylation sites (N-methyl/N-ethyl adjacent to an activating group) is 1. The third-order valence-electron chi connectivity index (χ3n) is 5.10.